The van der Waals surface area contributed by atoms with Crippen molar-refractivity contribution in [1.29, 1.82) is 0 Å². The van der Waals surface area contributed by atoms with Crippen molar-refractivity contribution >= 4 is 109 Å². The van der Waals surface area contributed by atoms with Gasteiger partial charge in [0.05, 0.1) is 66.9 Å². The smallest absolute Gasteiger partial charge is 0.178 e. The summed E-state index contributed by atoms with van der Waals surface area (Å²) in [5, 5.41) is 13.2. The summed E-state index contributed by atoms with van der Waals surface area (Å²) in [6, 6.07) is 96.7. The summed E-state index contributed by atoms with van der Waals surface area (Å²) < 4.78 is 0. The SMILES string of the molecule is c1cnc(-c2ccc3ccc(-c4ccc5ccc(-c6ccc(-c7ccc8ccc9cccnc9c8n7)c7ccccc67)nc5c4)cc3n2)nc1.c1cnc(-c2ccc3ccc(-c4ccc5ccc(-c6ccc7cc(-c8ccc9ccc%10cccnc%10c9n8)ccc7c6)nc5c4)cc3n2)nc1. The summed E-state index contributed by atoms with van der Waals surface area (Å²) in [6.45, 7) is 0. The van der Waals surface area contributed by atoms with Gasteiger partial charge in [0.1, 0.15) is 11.4 Å². The molecule has 0 N–H and O–H groups in total. The highest BCUT2D eigenvalue weighted by Gasteiger charge is 2.17. The molecule has 20 aromatic rings. The molecule has 464 valence electrons. The lowest BCUT2D eigenvalue weighted by molar-refractivity contribution is 1.15. The van der Waals surface area contributed by atoms with Crippen LogP contribution in [0.3, 0.4) is 0 Å². The van der Waals surface area contributed by atoms with E-state index in [1.165, 1.54) is 0 Å². The quantitative estimate of drug-likeness (QED) is 0.133. The number of pyridine rings is 8. The predicted molar refractivity (Wildman–Crippen MR) is 405 cm³/mol. The van der Waals surface area contributed by atoms with Crippen molar-refractivity contribution in [2.75, 3.05) is 0 Å². The summed E-state index contributed by atoms with van der Waals surface area (Å²) in [7, 11) is 0. The third-order valence-corrected chi connectivity index (χ3v) is 18.8. The molecule has 12 nitrogen and oxygen atoms in total. The van der Waals surface area contributed by atoms with Gasteiger partial charge in [0.25, 0.3) is 0 Å². The van der Waals surface area contributed by atoms with E-state index in [0.717, 1.165) is 187 Å². The van der Waals surface area contributed by atoms with Crippen LogP contribution in [0, 0.1) is 0 Å². The Labute approximate surface area is 571 Å². The van der Waals surface area contributed by atoms with Crippen molar-refractivity contribution in [3.05, 3.63) is 316 Å². The summed E-state index contributed by atoms with van der Waals surface area (Å²) in [5.41, 5.74) is 21.2. The van der Waals surface area contributed by atoms with Gasteiger partial charge in [-0.05, 0) is 141 Å². The van der Waals surface area contributed by atoms with Gasteiger partial charge in [0, 0.05) is 103 Å². The molecule has 0 aliphatic rings. The zero-order valence-electron chi connectivity index (χ0n) is 53.4. The van der Waals surface area contributed by atoms with E-state index in [-0.39, 0.29) is 0 Å². The van der Waals surface area contributed by atoms with E-state index in [2.05, 4.69) is 273 Å². The second-order valence-corrected chi connectivity index (χ2v) is 24.9. The van der Waals surface area contributed by atoms with Gasteiger partial charge in [-0.3, -0.25) is 9.97 Å². The van der Waals surface area contributed by atoms with Crippen LogP contribution in [0.2, 0.25) is 0 Å². The lowest BCUT2D eigenvalue weighted by atomic mass is 9.95. The maximum atomic E-state index is 5.22. The lowest BCUT2D eigenvalue weighted by Crippen LogP contribution is -1.92. The van der Waals surface area contributed by atoms with Gasteiger partial charge >= 0.3 is 0 Å². The molecule has 10 heterocycles. The number of hydrogen-bond acceptors (Lipinski definition) is 12. The minimum absolute atomic E-state index is 0.613. The molecule has 0 unspecified atom stereocenters. The first kappa shape index (κ1) is 57.6. The van der Waals surface area contributed by atoms with Crippen molar-refractivity contribution in [2.45, 2.75) is 0 Å². The standard InChI is InChI=1S/2C44H26N6/c1-3-29-6-7-30-16-18-38(50-43(30)42(29)45-20-1)36-13-11-31-23-35(12-10-32(31)24-36)37-17-14-27-4-8-33(25-40(27)48-37)34-9-5-28-15-19-39(49-41(28)26-34)44-46-21-2-22-47-44;1-2-7-34-33(6-1)35(17-18-36(34)38-20-16-30-11-10-29-5-3-22-45-42(29)43(30)50-38)37-19-14-27-8-12-31(25-40(27)48-37)32-13-9-28-15-21-39(49-41(28)26-32)44-46-23-4-24-47-44/h2*1-26H. The van der Waals surface area contributed by atoms with E-state index >= 15 is 0 Å². The van der Waals surface area contributed by atoms with E-state index in [9.17, 15) is 0 Å². The number of aromatic nitrogens is 12. The fourth-order valence-electron chi connectivity index (χ4n) is 13.7. The van der Waals surface area contributed by atoms with Crippen molar-refractivity contribution in [1.82, 2.24) is 59.8 Å². The van der Waals surface area contributed by atoms with Crippen LogP contribution in [0.4, 0.5) is 0 Å². The molecular formula is C88H52N12. The summed E-state index contributed by atoms with van der Waals surface area (Å²) in [5.74, 6) is 1.23. The van der Waals surface area contributed by atoms with Gasteiger partial charge in [-0.15, -0.1) is 0 Å². The molecule has 0 aliphatic heterocycles. The van der Waals surface area contributed by atoms with Gasteiger partial charge in [0.2, 0.25) is 0 Å². The van der Waals surface area contributed by atoms with E-state index in [0.29, 0.717) is 11.6 Å². The first-order valence-corrected chi connectivity index (χ1v) is 33.0. The van der Waals surface area contributed by atoms with Gasteiger partial charge in [0.15, 0.2) is 11.6 Å². The summed E-state index contributed by atoms with van der Waals surface area (Å²) >= 11 is 0. The molecule has 0 bridgehead atoms. The van der Waals surface area contributed by atoms with Crippen LogP contribution in [-0.4, -0.2) is 59.8 Å². The zero-order chi connectivity index (χ0) is 66.0. The molecule has 0 saturated heterocycles. The van der Waals surface area contributed by atoms with E-state index in [4.69, 9.17) is 29.9 Å². The number of hydrogen-bond donors (Lipinski definition) is 0. The largest absolute Gasteiger partial charge is 0.254 e. The Morgan fingerprint density at radius 2 is 0.470 bits per heavy atom. The Kier molecular flexibility index (Phi) is 13.9. The number of nitrogens with zero attached hydrogens (tertiary/aromatic N) is 12. The monoisotopic (exact) mass is 1280 g/mol. The maximum Gasteiger partial charge on any atom is 0.178 e. The van der Waals surface area contributed by atoms with Gasteiger partial charge in [-0.1, -0.05) is 182 Å². The predicted octanol–water partition coefficient (Wildman–Crippen LogP) is 21.0. The van der Waals surface area contributed by atoms with Crippen LogP contribution in [0.25, 0.3) is 199 Å². The number of rotatable bonds is 8. The van der Waals surface area contributed by atoms with Gasteiger partial charge in [-0.2, -0.15) is 0 Å². The Balaban J connectivity index is 0.000000139. The normalized spacial score (nSPS) is 11.6. The van der Waals surface area contributed by atoms with Crippen molar-refractivity contribution in [3.8, 4) is 90.3 Å². The molecule has 0 aliphatic carbocycles. The molecule has 0 fully saturated rings. The van der Waals surface area contributed by atoms with Crippen LogP contribution in [0.15, 0.2) is 316 Å². The van der Waals surface area contributed by atoms with Crippen molar-refractivity contribution in [3.63, 3.8) is 0 Å². The highest BCUT2D eigenvalue weighted by atomic mass is 14.9. The molecular weight excluding hydrogens is 1230 g/mol. The second kappa shape index (κ2) is 24.1. The third kappa shape index (κ3) is 10.6. The second-order valence-electron chi connectivity index (χ2n) is 24.9. The molecule has 0 atom stereocenters. The Bertz CT molecular complexity index is 6690. The maximum absolute atomic E-state index is 5.22. The van der Waals surface area contributed by atoms with Crippen LogP contribution < -0.4 is 0 Å². The average molecular weight is 1280 g/mol. The van der Waals surface area contributed by atoms with Crippen molar-refractivity contribution < 1.29 is 0 Å². The van der Waals surface area contributed by atoms with E-state index in [1.54, 1.807) is 24.8 Å². The van der Waals surface area contributed by atoms with Crippen molar-refractivity contribution in [2.24, 2.45) is 0 Å². The molecule has 10 aromatic heterocycles. The molecule has 20 rings (SSSR count). The van der Waals surface area contributed by atoms with E-state index < -0.39 is 0 Å². The highest BCUT2D eigenvalue weighted by Crippen LogP contribution is 2.39. The minimum atomic E-state index is 0.613. The summed E-state index contributed by atoms with van der Waals surface area (Å²) in [6.07, 6.45) is 10.6. The summed E-state index contributed by atoms with van der Waals surface area (Å²) in [4.78, 5) is 57.1. The Morgan fingerprint density at radius 3 is 0.910 bits per heavy atom. The Morgan fingerprint density at radius 1 is 0.170 bits per heavy atom. The topological polar surface area (TPSA) is 155 Å². The molecule has 0 saturated carbocycles. The minimum Gasteiger partial charge on any atom is -0.254 e. The average Bonchev–Trinajstić information content (AvgIpc) is 0.766. The first-order chi connectivity index (χ1) is 49.5. The number of fused-ring (bicyclic) bond motifs is 12. The third-order valence-electron chi connectivity index (χ3n) is 18.8. The number of benzene rings is 10. The zero-order valence-corrected chi connectivity index (χ0v) is 53.4. The highest BCUT2D eigenvalue weighted by molar-refractivity contribution is 6.08. The van der Waals surface area contributed by atoms with Gasteiger partial charge < -0.3 is 0 Å². The molecule has 10 aromatic carbocycles. The first-order valence-electron chi connectivity index (χ1n) is 33.0. The molecule has 0 amide bonds. The molecule has 0 radical (unpaired) electrons. The van der Waals surface area contributed by atoms with Crippen LogP contribution in [0.1, 0.15) is 0 Å². The van der Waals surface area contributed by atoms with Crippen LogP contribution in [-0.2, 0) is 0 Å². The van der Waals surface area contributed by atoms with E-state index in [1.807, 2.05) is 48.8 Å². The lowest BCUT2D eigenvalue weighted by Gasteiger charge is -2.13. The van der Waals surface area contributed by atoms with Crippen LogP contribution >= 0.6 is 0 Å². The van der Waals surface area contributed by atoms with Gasteiger partial charge in [-0.25, -0.2) is 49.8 Å². The fourth-order valence-corrected chi connectivity index (χ4v) is 13.7. The fraction of sp³-hybridized carbons (Fsp3) is 0. The Hall–Kier alpha value is -13.8. The molecule has 0 spiro atoms. The molecule has 12 heteroatoms. The van der Waals surface area contributed by atoms with Crippen LogP contribution in [0.5, 0.6) is 0 Å². The molecule has 100 heavy (non-hydrogen) atoms.